The molecule has 1 unspecified atom stereocenters. The molecule has 0 aliphatic heterocycles. The number of benzene rings is 1. The number of aliphatic hydroxyl groups excluding tert-OH is 1. The largest absolute Gasteiger partial charge is 0.504 e. The van der Waals surface area contributed by atoms with Gasteiger partial charge in [-0.15, -0.1) is 0 Å². The molecule has 84 valence electrons. The number of aromatic hydroxyl groups is 2. The van der Waals surface area contributed by atoms with Crippen molar-refractivity contribution in [2.75, 3.05) is 13.6 Å². The van der Waals surface area contributed by atoms with Gasteiger partial charge in [-0.25, -0.2) is 0 Å². The van der Waals surface area contributed by atoms with Gasteiger partial charge >= 0.3 is 0 Å². The molecule has 0 saturated carbocycles. The van der Waals surface area contributed by atoms with Gasteiger partial charge in [0.2, 0.25) is 5.82 Å². The second kappa shape index (κ2) is 4.65. The summed E-state index contributed by atoms with van der Waals surface area (Å²) in [6.45, 7) is 0.133. The summed E-state index contributed by atoms with van der Waals surface area (Å²) in [6.07, 6.45) is -1.09. The molecule has 0 bridgehead atoms. The molecule has 0 saturated heterocycles. The average Bonchev–Trinajstić information content (AvgIpc) is 2.20. The molecular weight excluding hydrogens is 225 g/mol. The Balaban J connectivity index is 3.19. The number of nitrogens with one attached hydrogen (secondary N) is 1. The Morgan fingerprint density at radius 1 is 1.47 bits per heavy atom. The second-order valence-corrected chi connectivity index (χ2v) is 3.44. The molecule has 15 heavy (non-hydrogen) atoms. The van der Waals surface area contributed by atoms with E-state index >= 15 is 0 Å². The maximum Gasteiger partial charge on any atom is 0.208 e. The lowest BCUT2D eigenvalue weighted by Gasteiger charge is -2.13. The Morgan fingerprint density at radius 2 is 2.07 bits per heavy atom. The normalized spacial score (nSPS) is 12.8. The van der Waals surface area contributed by atoms with E-state index in [9.17, 15) is 14.6 Å². The van der Waals surface area contributed by atoms with Crippen molar-refractivity contribution in [3.05, 3.63) is 22.5 Å². The number of likely N-dealkylation sites (N-methyl/N-ethyl adjacent to an activating group) is 1. The zero-order valence-electron chi connectivity index (χ0n) is 7.96. The zero-order valence-corrected chi connectivity index (χ0v) is 8.72. The van der Waals surface area contributed by atoms with Crippen molar-refractivity contribution in [2.24, 2.45) is 0 Å². The third-order valence-electron chi connectivity index (χ3n) is 1.95. The van der Waals surface area contributed by atoms with Crippen molar-refractivity contribution in [2.45, 2.75) is 6.10 Å². The minimum atomic E-state index is -1.23. The highest BCUT2D eigenvalue weighted by Crippen LogP contribution is 2.37. The number of phenols is 2. The summed E-state index contributed by atoms with van der Waals surface area (Å²) in [6, 6.07) is 1.12. The summed E-state index contributed by atoms with van der Waals surface area (Å²) in [5.41, 5.74) is -0.0651. The molecule has 0 fully saturated rings. The van der Waals surface area contributed by atoms with Crippen molar-refractivity contribution in [1.82, 2.24) is 5.32 Å². The van der Waals surface area contributed by atoms with E-state index < -0.39 is 23.4 Å². The van der Waals surface area contributed by atoms with Crippen LogP contribution < -0.4 is 5.32 Å². The fourth-order valence-corrected chi connectivity index (χ4v) is 1.37. The molecule has 1 rings (SSSR count). The van der Waals surface area contributed by atoms with Crippen LogP contribution in [0.4, 0.5) is 4.39 Å². The number of rotatable bonds is 3. The Hall–Kier alpha value is -1.04. The molecule has 0 aliphatic carbocycles. The van der Waals surface area contributed by atoms with Crippen molar-refractivity contribution < 1.29 is 19.7 Å². The third-order valence-corrected chi connectivity index (χ3v) is 2.24. The highest BCUT2D eigenvalue weighted by molar-refractivity contribution is 6.32. The van der Waals surface area contributed by atoms with Crippen LogP contribution >= 0.6 is 11.6 Å². The van der Waals surface area contributed by atoms with Crippen molar-refractivity contribution in [3.8, 4) is 11.5 Å². The smallest absolute Gasteiger partial charge is 0.208 e. The van der Waals surface area contributed by atoms with Crippen molar-refractivity contribution >= 4 is 11.6 Å². The topological polar surface area (TPSA) is 72.7 Å². The first-order valence-electron chi connectivity index (χ1n) is 4.21. The SMILES string of the molecule is CNCC(O)c1cc(Cl)c(O)c(F)c1O. The Morgan fingerprint density at radius 3 is 2.60 bits per heavy atom. The first-order valence-corrected chi connectivity index (χ1v) is 4.59. The molecule has 0 radical (unpaired) electrons. The molecule has 1 atom stereocenters. The lowest BCUT2D eigenvalue weighted by molar-refractivity contribution is 0.172. The van der Waals surface area contributed by atoms with Gasteiger partial charge in [-0.3, -0.25) is 0 Å². The molecule has 4 N–H and O–H groups in total. The summed E-state index contributed by atoms with van der Waals surface area (Å²) < 4.78 is 13.1. The molecule has 4 nitrogen and oxygen atoms in total. The molecule has 0 spiro atoms. The van der Waals surface area contributed by atoms with E-state index in [1.807, 2.05) is 0 Å². The quantitative estimate of drug-likeness (QED) is 0.634. The summed E-state index contributed by atoms with van der Waals surface area (Å²) in [5.74, 6) is -2.85. The molecule has 0 heterocycles. The van der Waals surface area contributed by atoms with Gasteiger partial charge in [0.1, 0.15) is 0 Å². The summed E-state index contributed by atoms with van der Waals surface area (Å²) in [4.78, 5) is 0. The summed E-state index contributed by atoms with van der Waals surface area (Å²) in [7, 11) is 1.60. The van der Waals surface area contributed by atoms with E-state index in [2.05, 4.69) is 5.32 Å². The lowest BCUT2D eigenvalue weighted by Crippen LogP contribution is -2.17. The molecule has 0 aromatic heterocycles. The number of halogens is 2. The fraction of sp³-hybridized carbons (Fsp3) is 0.333. The number of aliphatic hydroxyl groups is 1. The maximum absolute atomic E-state index is 13.1. The van der Waals surface area contributed by atoms with Gasteiger partial charge in [-0.1, -0.05) is 11.6 Å². The number of hydrogen-bond acceptors (Lipinski definition) is 4. The maximum atomic E-state index is 13.1. The first-order chi connectivity index (χ1) is 6.99. The molecule has 0 amide bonds. The number of hydrogen-bond donors (Lipinski definition) is 4. The molecule has 1 aromatic carbocycles. The van der Waals surface area contributed by atoms with Gasteiger partial charge in [-0.2, -0.15) is 4.39 Å². The third kappa shape index (κ3) is 2.31. The fourth-order valence-electron chi connectivity index (χ4n) is 1.17. The standard InChI is InChI=1S/C9H11ClFNO3/c1-12-3-6(13)4-2-5(10)9(15)7(11)8(4)14/h2,6,12-15H,3H2,1H3. The lowest BCUT2D eigenvalue weighted by atomic mass is 10.1. The zero-order chi connectivity index (χ0) is 11.6. The van der Waals surface area contributed by atoms with Gasteiger partial charge in [-0.05, 0) is 13.1 Å². The Labute approximate surface area is 90.9 Å². The van der Waals surface area contributed by atoms with E-state index in [0.29, 0.717) is 0 Å². The van der Waals surface area contributed by atoms with E-state index in [0.717, 1.165) is 6.07 Å². The Bertz CT molecular complexity index is 373. The summed E-state index contributed by atoms with van der Waals surface area (Å²) >= 11 is 5.50. The minimum absolute atomic E-state index is 0.0651. The minimum Gasteiger partial charge on any atom is -0.504 e. The van der Waals surface area contributed by atoms with Crippen LogP contribution in [-0.2, 0) is 0 Å². The van der Waals surface area contributed by atoms with Gasteiger partial charge < -0.3 is 20.6 Å². The predicted octanol–water partition coefficient (Wildman–Crippen LogP) is 1.14. The Kier molecular flexibility index (Phi) is 3.73. The molecule has 0 aliphatic rings. The average molecular weight is 236 g/mol. The van der Waals surface area contributed by atoms with E-state index in [1.54, 1.807) is 7.05 Å². The first kappa shape index (κ1) is 12.0. The number of phenolic OH excluding ortho intramolecular Hbond substituents is 2. The second-order valence-electron chi connectivity index (χ2n) is 3.03. The van der Waals surface area contributed by atoms with Crippen molar-refractivity contribution in [3.63, 3.8) is 0 Å². The van der Waals surface area contributed by atoms with Crippen LogP contribution in [0, 0.1) is 5.82 Å². The predicted molar refractivity (Wildman–Crippen MR) is 53.6 cm³/mol. The van der Waals surface area contributed by atoms with Crippen LogP contribution in [0.15, 0.2) is 6.07 Å². The van der Waals surface area contributed by atoms with Gasteiger partial charge in [0.25, 0.3) is 0 Å². The van der Waals surface area contributed by atoms with Crippen LogP contribution in [0.1, 0.15) is 11.7 Å². The van der Waals surface area contributed by atoms with E-state index in [4.69, 9.17) is 16.7 Å². The molecular formula is C9H11ClFNO3. The highest BCUT2D eigenvalue weighted by atomic mass is 35.5. The van der Waals surface area contributed by atoms with E-state index in [-0.39, 0.29) is 17.1 Å². The van der Waals surface area contributed by atoms with E-state index in [1.165, 1.54) is 0 Å². The van der Waals surface area contributed by atoms with Crippen LogP contribution in [0.3, 0.4) is 0 Å². The monoisotopic (exact) mass is 235 g/mol. The van der Waals surface area contributed by atoms with Gasteiger partial charge in [0.05, 0.1) is 11.1 Å². The van der Waals surface area contributed by atoms with Crippen LogP contribution in [0.5, 0.6) is 11.5 Å². The van der Waals surface area contributed by atoms with Crippen LogP contribution in [0.2, 0.25) is 5.02 Å². The van der Waals surface area contributed by atoms with Crippen LogP contribution in [0.25, 0.3) is 0 Å². The molecule has 1 aromatic rings. The summed E-state index contributed by atoms with van der Waals surface area (Å²) in [5, 5.41) is 30.3. The van der Waals surface area contributed by atoms with Gasteiger partial charge in [0.15, 0.2) is 11.5 Å². The van der Waals surface area contributed by atoms with Crippen LogP contribution in [-0.4, -0.2) is 28.9 Å². The van der Waals surface area contributed by atoms with Crippen molar-refractivity contribution in [1.29, 1.82) is 0 Å². The molecule has 6 heteroatoms. The highest BCUT2D eigenvalue weighted by Gasteiger charge is 2.20. The van der Waals surface area contributed by atoms with Gasteiger partial charge in [0, 0.05) is 12.1 Å².